The van der Waals surface area contributed by atoms with Crippen LogP contribution in [0.15, 0.2) is 12.1 Å². The molecule has 10 heteroatoms. The molecule has 0 saturated carbocycles. The molecule has 3 N–H and O–H groups in total. The van der Waals surface area contributed by atoms with E-state index < -0.39 is 47.0 Å². The number of anilines is 1. The van der Waals surface area contributed by atoms with Gasteiger partial charge in [0.15, 0.2) is 30.5 Å². The Hall–Kier alpha value is -2.62. The van der Waals surface area contributed by atoms with Crippen molar-refractivity contribution in [2.45, 2.75) is 26.3 Å². The predicted molar refractivity (Wildman–Crippen MR) is 95.0 cm³/mol. The minimum absolute atomic E-state index is 0.141. The fourth-order valence-electron chi connectivity index (χ4n) is 2.45. The number of hydrogen-bond donors (Lipinski definition) is 3. The molecule has 7 nitrogen and oxygen atoms in total. The molecule has 0 aliphatic carbocycles. The Bertz CT molecular complexity index is 730. The highest BCUT2D eigenvalue weighted by Gasteiger charge is 2.28. The van der Waals surface area contributed by atoms with Gasteiger partial charge in [0.1, 0.15) is 6.04 Å². The smallest absolute Gasteiger partial charge is 0.328 e. The third-order valence-electron chi connectivity index (χ3n) is 4.22. The highest BCUT2D eigenvalue weighted by atomic mass is 19.2. The molecule has 0 heterocycles. The molecule has 0 spiro atoms. The first-order valence-corrected chi connectivity index (χ1v) is 8.72. The van der Waals surface area contributed by atoms with Crippen LogP contribution >= 0.6 is 0 Å². The van der Waals surface area contributed by atoms with Crippen LogP contribution in [0.5, 0.6) is 0 Å². The van der Waals surface area contributed by atoms with E-state index in [9.17, 15) is 27.6 Å². The number of halogens is 3. The quantitative estimate of drug-likeness (QED) is 0.407. The van der Waals surface area contributed by atoms with Crippen LogP contribution in [0.25, 0.3) is 0 Å². The van der Waals surface area contributed by atoms with E-state index in [0.717, 1.165) is 6.07 Å². The maximum absolute atomic E-state index is 13.6. The molecule has 0 aliphatic heterocycles. The number of methoxy groups -OCH3 is 1. The minimum atomic E-state index is -1.68. The van der Waals surface area contributed by atoms with E-state index in [2.05, 4.69) is 15.4 Å². The molecular weight excluding hydrogens is 379 g/mol. The Kier molecular flexibility index (Phi) is 8.90. The van der Waals surface area contributed by atoms with Gasteiger partial charge in [-0.3, -0.25) is 9.59 Å². The van der Waals surface area contributed by atoms with Crippen LogP contribution in [0.1, 0.15) is 20.3 Å². The number of carbonyl (C=O) groups excluding carboxylic acids is 3. The molecule has 0 saturated heterocycles. The van der Waals surface area contributed by atoms with E-state index >= 15 is 0 Å². The lowest BCUT2D eigenvalue weighted by molar-refractivity contribution is -0.862. The lowest BCUT2D eigenvalue weighted by Gasteiger charge is -2.22. The second-order valence-electron chi connectivity index (χ2n) is 6.54. The highest BCUT2D eigenvalue weighted by Crippen LogP contribution is 2.19. The van der Waals surface area contributed by atoms with Crippen molar-refractivity contribution in [1.82, 2.24) is 5.32 Å². The number of rotatable bonds is 9. The monoisotopic (exact) mass is 404 g/mol. The summed E-state index contributed by atoms with van der Waals surface area (Å²) < 4.78 is 44.4. The summed E-state index contributed by atoms with van der Waals surface area (Å²) in [6.45, 7) is 3.28. The summed E-state index contributed by atoms with van der Waals surface area (Å²) in [5, 5.41) is 4.71. The average molecular weight is 404 g/mol. The largest absolute Gasteiger partial charge is 0.467 e. The van der Waals surface area contributed by atoms with Gasteiger partial charge in [-0.05, 0) is 18.1 Å². The van der Waals surface area contributed by atoms with Gasteiger partial charge in [0.2, 0.25) is 0 Å². The molecule has 1 aromatic rings. The lowest BCUT2D eigenvalue weighted by Crippen LogP contribution is -3.11. The molecule has 0 aromatic heterocycles. The number of hydrogen-bond acceptors (Lipinski definition) is 4. The van der Waals surface area contributed by atoms with Crippen molar-refractivity contribution in [3.8, 4) is 0 Å². The van der Waals surface area contributed by atoms with Gasteiger partial charge in [0, 0.05) is 0 Å². The SMILES string of the molecule is CC[C@H](C)[C@@H](NC(=O)C[NH+](C)CC(=O)Nc1ccc(F)c(F)c1F)C(=O)OC. The van der Waals surface area contributed by atoms with Crippen LogP contribution < -0.4 is 15.5 Å². The predicted octanol–water partition coefficient (Wildman–Crippen LogP) is 0.261. The number of carbonyl (C=O) groups is 3. The first-order chi connectivity index (χ1) is 13.1. The van der Waals surface area contributed by atoms with Gasteiger partial charge in [-0.15, -0.1) is 0 Å². The summed E-state index contributed by atoms with van der Waals surface area (Å²) in [5.74, 6) is -6.42. The zero-order valence-electron chi connectivity index (χ0n) is 16.2. The maximum atomic E-state index is 13.6. The maximum Gasteiger partial charge on any atom is 0.328 e. The molecule has 0 fully saturated rings. The summed E-state index contributed by atoms with van der Waals surface area (Å²) in [6, 6.07) is 0.793. The van der Waals surface area contributed by atoms with E-state index in [1.54, 1.807) is 6.92 Å². The topological polar surface area (TPSA) is 88.9 Å². The van der Waals surface area contributed by atoms with Crippen LogP contribution in [0.2, 0.25) is 0 Å². The Morgan fingerprint density at radius 1 is 1.11 bits per heavy atom. The number of ether oxygens (including phenoxy) is 1. The minimum Gasteiger partial charge on any atom is -0.467 e. The van der Waals surface area contributed by atoms with Crippen LogP contribution in [0, 0.1) is 23.4 Å². The average Bonchev–Trinajstić information content (AvgIpc) is 2.65. The van der Waals surface area contributed by atoms with Crippen molar-refractivity contribution in [2.75, 3.05) is 32.6 Å². The normalized spacial score (nSPS) is 14.0. The van der Waals surface area contributed by atoms with Crippen molar-refractivity contribution in [2.24, 2.45) is 5.92 Å². The summed E-state index contributed by atoms with van der Waals surface area (Å²) in [5.41, 5.74) is -0.497. The number of esters is 1. The fraction of sp³-hybridized carbons (Fsp3) is 0.500. The second-order valence-corrected chi connectivity index (χ2v) is 6.54. The van der Waals surface area contributed by atoms with E-state index in [1.807, 2.05) is 6.92 Å². The molecule has 0 aliphatic rings. The number of likely N-dealkylation sites (N-methyl/N-ethyl adjacent to an activating group) is 1. The van der Waals surface area contributed by atoms with E-state index in [0.29, 0.717) is 17.4 Å². The summed E-state index contributed by atoms with van der Waals surface area (Å²) in [4.78, 5) is 36.4. The van der Waals surface area contributed by atoms with Gasteiger partial charge in [-0.25, -0.2) is 18.0 Å². The third-order valence-corrected chi connectivity index (χ3v) is 4.22. The summed E-state index contributed by atoms with van der Waals surface area (Å²) in [7, 11) is 2.76. The molecular formula is C18H25F3N3O4+. The molecule has 28 heavy (non-hydrogen) atoms. The first-order valence-electron chi connectivity index (χ1n) is 8.72. The van der Waals surface area contributed by atoms with Crippen LogP contribution in [0.3, 0.4) is 0 Å². The first kappa shape index (κ1) is 23.4. The number of quaternary nitrogens is 1. The number of amides is 2. The lowest BCUT2D eigenvalue weighted by atomic mass is 9.99. The summed E-state index contributed by atoms with van der Waals surface area (Å²) >= 11 is 0. The standard InChI is InChI=1S/C18H24F3N3O4/c1-5-10(2)17(18(27)28-4)23-14(26)9-24(3)8-13(25)22-12-7-6-11(19)15(20)16(12)21/h6-7,10,17H,5,8-9H2,1-4H3,(H,22,25)(H,23,26)/p+1/t10-,17+/m0/s1. The number of nitrogens with one attached hydrogen (secondary N) is 3. The van der Waals surface area contributed by atoms with Gasteiger partial charge < -0.3 is 20.3 Å². The molecule has 0 bridgehead atoms. The van der Waals surface area contributed by atoms with Gasteiger partial charge in [0.25, 0.3) is 11.8 Å². The Morgan fingerprint density at radius 3 is 2.29 bits per heavy atom. The van der Waals surface area contributed by atoms with Crippen LogP contribution in [-0.4, -0.2) is 51.1 Å². The van der Waals surface area contributed by atoms with E-state index in [4.69, 9.17) is 0 Å². The number of benzene rings is 1. The van der Waals surface area contributed by atoms with E-state index in [1.165, 1.54) is 14.2 Å². The molecule has 0 radical (unpaired) electrons. The van der Waals surface area contributed by atoms with Gasteiger partial charge in [-0.1, -0.05) is 20.3 Å². The molecule has 3 atom stereocenters. The summed E-state index contributed by atoms with van der Waals surface area (Å²) in [6.07, 6.45) is 0.644. The van der Waals surface area contributed by atoms with Crippen molar-refractivity contribution < 1.29 is 37.2 Å². The van der Waals surface area contributed by atoms with Gasteiger partial charge in [0.05, 0.1) is 19.8 Å². The fourth-order valence-corrected chi connectivity index (χ4v) is 2.45. The molecule has 1 aromatic carbocycles. The van der Waals surface area contributed by atoms with E-state index in [-0.39, 0.29) is 19.0 Å². The van der Waals surface area contributed by atoms with Crippen molar-refractivity contribution in [1.29, 1.82) is 0 Å². The Labute approximate surface area is 161 Å². The zero-order chi connectivity index (χ0) is 21.4. The highest BCUT2D eigenvalue weighted by molar-refractivity contribution is 5.91. The molecule has 1 rings (SSSR count). The second kappa shape index (κ2) is 10.6. The zero-order valence-corrected chi connectivity index (χ0v) is 16.2. The van der Waals surface area contributed by atoms with Crippen molar-refractivity contribution in [3.05, 3.63) is 29.6 Å². The van der Waals surface area contributed by atoms with Gasteiger partial charge in [-0.2, -0.15) is 0 Å². The molecule has 156 valence electrons. The Morgan fingerprint density at radius 2 is 1.71 bits per heavy atom. The van der Waals surface area contributed by atoms with Gasteiger partial charge >= 0.3 is 5.97 Å². The molecule has 2 amide bonds. The van der Waals surface area contributed by atoms with Crippen LogP contribution in [0.4, 0.5) is 18.9 Å². The molecule has 1 unspecified atom stereocenters. The van der Waals surface area contributed by atoms with Crippen molar-refractivity contribution >= 4 is 23.5 Å². The third kappa shape index (κ3) is 6.52. The van der Waals surface area contributed by atoms with Crippen LogP contribution in [-0.2, 0) is 19.1 Å². The van der Waals surface area contributed by atoms with Crippen molar-refractivity contribution in [3.63, 3.8) is 0 Å². The Balaban J connectivity index is 2.62.